The number of allylic oxidation sites excluding steroid dienone is 1. The molecule has 5 aromatic rings. The van der Waals surface area contributed by atoms with Gasteiger partial charge in [-0.1, -0.05) is 72.8 Å². The van der Waals surface area contributed by atoms with E-state index in [2.05, 4.69) is 20.8 Å². The molecule has 1 aliphatic carbocycles. The maximum atomic E-state index is 12.9. The number of ketones is 1. The third kappa shape index (κ3) is 7.08. The summed E-state index contributed by atoms with van der Waals surface area (Å²) in [7, 11) is -9.14. The molecule has 0 heterocycles. The number of nitrogen functional groups attached to an aromatic ring is 1. The van der Waals surface area contributed by atoms with E-state index in [0.717, 1.165) is 17.2 Å². The molecule has 0 unspecified atom stereocenters. The molecule has 0 radical (unpaired) electrons. The minimum absolute atomic E-state index is 0. The van der Waals surface area contributed by atoms with Crippen LogP contribution in [0.4, 0.5) is 22.7 Å². The largest absolute Gasteiger partial charge is 1.00 e. The van der Waals surface area contributed by atoms with Crippen LogP contribution in [0.15, 0.2) is 129 Å². The predicted octanol–water partition coefficient (Wildman–Crippen LogP) is 3.65. The van der Waals surface area contributed by atoms with Gasteiger partial charge in [-0.2, -0.15) is 27.1 Å². The summed E-state index contributed by atoms with van der Waals surface area (Å²) in [5, 5.41) is 13.1. The van der Waals surface area contributed by atoms with Crippen LogP contribution in [0.25, 0.3) is 26.8 Å². The van der Waals surface area contributed by atoms with Gasteiger partial charge in [-0.15, -0.1) is 5.11 Å². The second-order valence-electron chi connectivity index (χ2n) is 10.1. The molecule has 47 heavy (non-hydrogen) atoms. The monoisotopic (exact) mass is 676 g/mol. The van der Waals surface area contributed by atoms with E-state index in [1.807, 2.05) is 24.3 Å². The Labute approximate surface area is 291 Å². The number of nitrogens with zero attached hydrogens (tertiary/aromatic N) is 3. The Morgan fingerprint density at radius 2 is 1.26 bits per heavy atom. The standard InChI is InChI=1S/C32H23N5O7S2.Na/c33-31-25-7-3-1-5-23(25)29(45(39,40)41)17-27(31)36-34-21-13-9-19(10-14-21)20-11-15-22(16-12-20)35-37-28-18-30(46(42,43)44)24-6-2-4-8-26(24)32(28)38;/h1-18,35H,33H2,(H,39,40,41)(H,42,43,44);/q;+1/b36-34?,37-28+;. The molecule has 6 rings (SSSR count). The molecule has 5 N–H and O–H groups in total. The van der Waals surface area contributed by atoms with E-state index < -0.39 is 30.9 Å². The van der Waals surface area contributed by atoms with Gasteiger partial charge in [-0.3, -0.25) is 19.3 Å². The molecule has 0 aliphatic heterocycles. The smallest absolute Gasteiger partial charge is 0.396 e. The van der Waals surface area contributed by atoms with E-state index in [0.29, 0.717) is 16.8 Å². The summed E-state index contributed by atoms with van der Waals surface area (Å²) in [5.41, 5.74) is 12.0. The van der Waals surface area contributed by atoms with E-state index in [1.54, 1.807) is 60.7 Å². The molecule has 230 valence electrons. The first kappa shape index (κ1) is 33.8. The predicted molar refractivity (Wildman–Crippen MR) is 176 cm³/mol. The SMILES string of the molecule is Nc1c(N=Nc2ccc(-c3ccc(N/N=C4\C=C(S(=O)(=O)O)c5ccccc5C4=O)cc3)cc2)cc(S(=O)(=O)O)c2ccccc12.[Na+]. The quantitative estimate of drug-likeness (QED) is 0.0653. The van der Waals surface area contributed by atoms with E-state index in [1.165, 1.54) is 18.2 Å². The maximum Gasteiger partial charge on any atom is 1.00 e. The zero-order valence-corrected chi connectivity index (χ0v) is 28.2. The van der Waals surface area contributed by atoms with Crippen LogP contribution >= 0.6 is 0 Å². The van der Waals surface area contributed by atoms with Crippen molar-refractivity contribution < 1.29 is 60.3 Å². The van der Waals surface area contributed by atoms with Crippen molar-refractivity contribution in [3.63, 3.8) is 0 Å². The molecular weight excluding hydrogens is 654 g/mol. The average Bonchev–Trinajstić information content (AvgIpc) is 3.04. The Morgan fingerprint density at radius 3 is 1.87 bits per heavy atom. The number of rotatable bonds is 7. The molecule has 0 saturated heterocycles. The molecule has 0 atom stereocenters. The van der Waals surface area contributed by atoms with Gasteiger partial charge in [0.25, 0.3) is 20.2 Å². The number of Topliss-reactive ketones (excluding diaryl/α,β-unsaturated/α-hetero) is 1. The average molecular weight is 677 g/mol. The topological polar surface area (TPSA) is 201 Å². The van der Waals surface area contributed by atoms with Crippen LogP contribution in [0.5, 0.6) is 0 Å². The number of hydrazone groups is 1. The first-order chi connectivity index (χ1) is 21.9. The van der Waals surface area contributed by atoms with Gasteiger partial charge in [0.05, 0.1) is 17.1 Å². The van der Waals surface area contributed by atoms with Crippen LogP contribution in [-0.2, 0) is 20.2 Å². The van der Waals surface area contributed by atoms with Crippen LogP contribution in [0, 0.1) is 0 Å². The summed E-state index contributed by atoms with van der Waals surface area (Å²) in [6, 6.07) is 27.8. The number of benzene rings is 5. The van der Waals surface area contributed by atoms with Crippen LogP contribution in [0.2, 0.25) is 0 Å². The van der Waals surface area contributed by atoms with Gasteiger partial charge in [-0.05, 0) is 47.5 Å². The Bertz CT molecular complexity index is 2360. The molecule has 15 heteroatoms. The van der Waals surface area contributed by atoms with Crippen molar-refractivity contribution in [3.8, 4) is 11.1 Å². The third-order valence-corrected chi connectivity index (χ3v) is 8.97. The Balaban J connectivity index is 0.00000433. The molecule has 0 saturated carbocycles. The van der Waals surface area contributed by atoms with Crippen molar-refractivity contribution in [1.29, 1.82) is 0 Å². The summed E-state index contributed by atoms with van der Waals surface area (Å²) < 4.78 is 67.2. The molecule has 0 aromatic heterocycles. The van der Waals surface area contributed by atoms with Crippen LogP contribution in [0.3, 0.4) is 0 Å². The molecule has 1 aliphatic rings. The van der Waals surface area contributed by atoms with E-state index >= 15 is 0 Å². The molecule has 0 bridgehead atoms. The number of nitrogens with one attached hydrogen (secondary N) is 1. The number of nitrogens with two attached hydrogens (primary N) is 1. The minimum atomic E-state index is -4.60. The van der Waals surface area contributed by atoms with Gasteiger partial charge >= 0.3 is 29.6 Å². The van der Waals surface area contributed by atoms with E-state index in [-0.39, 0.29) is 68.1 Å². The van der Waals surface area contributed by atoms with Crippen LogP contribution in [0.1, 0.15) is 15.9 Å². The molecule has 12 nitrogen and oxygen atoms in total. The summed E-state index contributed by atoms with van der Waals surface area (Å²) >= 11 is 0. The fraction of sp³-hybridized carbons (Fsp3) is 0. The zero-order valence-electron chi connectivity index (χ0n) is 24.6. The number of anilines is 2. The third-order valence-electron chi connectivity index (χ3n) is 7.18. The molecule has 0 spiro atoms. The number of hydrogen-bond donors (Lipinski definition) is 4. The minimum Gasteiger partial charge on any atom is -0.396 e. The Morgan fingerprint density at radius 1 is 0.681 bits per heavy atom. The number of carbonyl (C=O) groups is 1. The summed E-state index contributed by atoms with van der Waals surface area (Å²) in [6.45, 7) is 0. The first-order valence-electron chi connectivity index (χ1n) is 13.5. The van der Waals surface area contributed by atoms with Crippen molar-refractivity contribution in [1.82, 2.24) is 0 Å². The Hall–Kier alpha value is -4.54. The van der Waals surface area contributed by atoms with Gasteiger partial charge in [0.2, 0.25) is 5.78 Å². The van der Waals surface area contributed by atoms with Crippen molar-refractivity contribution in [2.45, 2.75) is 4.90 Å². The fourth-order valence-electron chi connectivity index (χ4n) is 4.94. The van der Waals surface area contributed by atoms with Crippen LogP contribution < -0.4 is 40.7 Å². The number of fused-ring (bicyclic) bond motifs is 2. The summed E-state index contributed by atoms with van der Waals surface area (Å²) in [5.74, 6) is -0.494. The van der Waals surface area contributed by atoms with E-state index in [4.69, 9.17) is 5.73 Å². The van der Waals surface area contributed by atoms with Crippen molar-refractivity contribution in [2.24, 2.45) is 15.3 Å². The molecular formula is C32H23N5NaO7S2+. The van der Waals surface area contributed by atoms with Gasteiger partial charge in [0.1, 0.15) is 21.2 Å². The maximum absolute atomic E-state index is 12.9. The fourth-order valence-corrected chi connectivity index (χ4v) is 6.37. The molecule has 5 aromatic carbocycles. The molecule has 0 amide bonds. The van der Waals surface area contributed by atoms with Crippen molar-refractivity contribution in [3.05, 3.63) is 120 Å². The number of carbonyl (C=O) groups excluding carboxylic acids is 1. The van der Waals surface area contributed by atoms with Crippen molar-refractivity contribution >= 4 is 70.2 Å². The van der Waals surface area contributed by atoms with Crippen molar-refractivity contribution in [2.75, 3.05) is 11.2 Å². The number of hydrogen-bond acceptors (Lipinski definition) is 10. The summed E-state index contributed by atoms with van der Waals surface area (Å²) in [6.07, 6.45) is 1.03. The first-order valence-corrected chi connectivity index (χ1v) is 16.4. The number of azo groups is 1. The Kier molecular flexibility index (Phi) is 9.56. The second kappa shape index (κ2) is 13.3. The normalized spacial score (nSPS) is 14.1. The van der Waals surface area contributed by atoms with Crippen LogP contribution in [-0.4, -0.2) is 37.4 Å². The van der Waals surface area contributed by atoms with Gasteiger partial charge < -0.3 is 5.73 Å². The van der Waals surface area contributed by atoms with E-state index in [9.17, 15) is 30.7 Å². The molecule has 0 fully saturated rings. The zero-order chi connectivity index (χ0) is 32.6. The summed E-state index contributed by atoms with van der Waals surface area (Å²) in [4.78, 5) is 12.2. The second-order valence-corrected chi connectivity index (χ2v) is 12.9. The van der Waals surface area contributed by atoms with Gasteiger partial charge in [0, 0.05) is 21.9 Å². The van der Waals surface area contributed by atoms with Gasteiger partial charge in [0.15, 0.2) is 0 Å². The van der Waals surface area contributed by atoms with Gasteiger partial charge in [-0.25, -0.2) is 0 Å².